The van der Waals surface area contributed by atoms with Crippen molar-refractivity contribution >= 4 is 61.3 Å². The molecule has 8 aromatic rings. The van der Waals surface area contributed by atoms with E-state index in [-0.39, 0.29) is 23.9 Å². The summed E-state index contributed by atoms with van der Waals surface area (Å²) in [5, 5.41) is 9.25. The molecule has 272 valence electrons. The molecule has 0 amide bonds. The van der Waals surface area contributed by atoms with Crippen LogP contribution in [0.5, 0.6) is 0 Å². The Hall–Kier alpha value is -6.84. The summed E-state index contributed by atoms with van der Waals surface area (Å²) in [4.78, 5) is 5.36. The van der Waals surface area contributed by atoms with Gasteiger partial charge in [-0.05, 0) is 99.3 Å². The zero-order valence-electron chi connectivity index (χ0n) is 31.8. The summed E-state index contributed by atoms with van der Waals surface area (Å²) in [6, 6.07) is 67.8. The molecule has 3 heterocycles. The molecule has 0 saturated carbocycles. The molecule has 4 atom stereocenters. The van der Waals surface area contributed by atoms with Crippen molar-refractivity contribution in [2.45, 2.75) is 37.3 Å². The molecule has 3 heteroatoms. The lowest BCUT2D eigenvalue weighted by molar-refractivity contribution is 0.536. The molecular weight excluding hydrogens is 691 g/mol. The number of nitrogens with zero attached hydrogens (tertiary/aromatic N) is 2. The van der Waals surface area contributed by atoms with Crippen LogP contribution < -0.4 is 15.1 Å². The molecule has 3 nitrogen and oxygen atoms in total. The summed E-state index contributed by atoms with van der Waals surface area (Å²) >= 11 is 0. The molecule has 1 N–H and O–H groups in total. The topological polar surface area (TPSA) is 18.5 Å². The Kier molecular flexibility index (Phi) is 7.16. The third-order valence-corrected chi connectivity index (χ3v) is 13.2. The average molecular weight is 732 g/mol. The molecule has 0 spiro atoms. The largest absolute Gasteiger partial charge is 0.355 e. The molecular formula is C54H41N3. The highest BCUT2D eigenvalue weighted by Crippen LogP contribution is 2.60. The van der Waals surface area contributed by atoms with Gasteiger partial charge in [0.2, 0.25) is 0 Å². The monoisotopic (exact) mass is 731 g/mol. The summed E-state index contributed by atoms with van der Waals surface area (Å²) in [5.74, 6) is 0.369. The van der Waals surface area contributed by atoms with Crippen molar-refractivity contribution in [2.24, 2.45) is 0 Å². The minimum Gasteiger partial charge on any atom is -0.355 e. The minimum absolute atomic E-state index is 0.126. The number of benzene rings is 8. The van der Waals surface area contributed by atoms with Crippen LogP contribution in [-0.2, 0) is 0 Å². The normalized spacial score (nSPS) is 20.4. The van der Waals surface area contributed by atoms with E-state index >= 15 is 0 Å². The number of nitrogens with one attached hydrogen (secondary N) is 1. The third kappa shape index (κ3) is 4.79. The first-order valence-electron chi connectivity index (χ1n) is 20.3. The van der Waals surface area contributed by atoms with Crippen LogP contribution in [0.25, 0.3) is 32.8 Å². The maximum absolute atomic E-state index is 3.89. The van der Waals surface area contributed by atoms with Crippen LogP contribution in [0.1, 0.15) is 53.0 Å². The molecule has 12 rings (SSSR count). The molecule has 0 bridgehead atoms. The van der Waals surface area contributed by atoms with E-state index in [1.807, 2.05) is 0 Å². The number of hydrogen-bond donors (Lipinski definition) is 1. The molecule has 57 heavy (non-hydrogen) atoms. The van der Waals surface area contributed by atoms with Gasteiger partial charge in [0.25, 0.3) is 0 Å². The Labute approximate surface area is 333 Å². The van der Waals surface area contributed by atoms with Gasteiger partial charge in [0.15, 0.2) is 0 Å². The Balaban J connectivity index is 1.04. The van der Waals surface area contributed by atoms with Gasteiger partial charge in [-0.25, -0.2) is 0 Å². The van der Waals surface area contributed by atoms with Crippen molar-refractivity contribution in [3.05, 3.63) is 221 Å². The quantitative estimate of drug-likeness (QED) is 0.182. The highest BCUT2D eigenvalue weighted by atomic mass is 15.2. The van der Waals surface area contributed by atoms with Crippen molar-refractivity contribution in [3.8, 4) is 0 Å². The van der Waals surface area contributed by atoms with Crippen molar-refractivity contribution in [1.29, 1.82) is 0 Å². The number of fused-ring (bicyclic) bond motifs is 12. The van der Waals surface area contributed by atoms with Gasteiger partial charge in [-0.3, -0.25) is 0 Å². The second-order valence-electron chi connectivity index (χ2n) is 16.1. The molecule has 3 aliphatic heterocycles. The minimum atomic E-state index is 0.126. The first kappa shape index (κ1) is 32.4. The van der Waals surface area contributed by atoms with Crippen molar-refractivity contribution in [2.75, 3.05) is 15.1 Å². The first-order valence-corrected chi connectivity index (χ1v) is 20.3. The van der Waals surface area contributed by atoms with Crippen LogP contribution in [0.15, 0.2) is 194 Å². The van der Waals surface area contributed by atoms with E-state index in [1.54, 1.807) is 0 Å². The van der Waals surface area contributed by atoms with Gasteiger partial charge in [0, 0.05) is 57.3 Å². The number of allylic oxidation sites excluding steroid dienone is 1. The third-order valence-electron chi connectivity index (χ3n) is 13.2. The van der Waals surface area contributed by atoms with E-state index < -0.39 is 0 Å². The Morgan fingerprint density at radius 2 is 1.19 bits per heavy atom. The van der Waals surface area contributed by atoms with Gasteiger partial charge >= 0.3 is 0 Å². The van der Waals surface area contributed by atoms with Crippen molar-refractivity contribution < 1.29 is 0 Å². The van der Waals surface area contributed by atoms with E-state index in [2.05, 4.69) is 210 Å². The predicted octanol–water partition coefficient (Wildman–Crippen LogP) is 13.6. The van der Waals surface area contributed by atoms with Gasteiger partial charge in [0.1, 0.15) is 0 Å². The lowest BCUT2D eigenvalue weighted by Gasteiger charge is -2.39. The van der Waals surface area contributed by atoms with Crippen LogP contribution in [0, 0.1) is 0 Å². The Bertz CT molecular complexity index is 2950. The molecule has 1 aliphatic carbocycles. The number of anilines is 5. The first-order chi connectivity index (χ1) is 28.2. The molecule has 8 aromatic carbocycles. The molecule has 4 unspecified atom stereocenters. The zero-order chi connectivity index (χ0) is 37.6. The van der Waals surface area contributed by atoms with Gasteiger partial charge in [-0.15, -0.1) is 0 Å². The molecule has 0 aromatic heterocycles. The Morgan fingerprint density at radius 3 is 1.96 bits per heavy atom. The van der Waals surface area contributed by atoms with E-state index in [9.17, 15) is 0 Å². The van der Waals surface area contributed by atoms with Gasteiger partial charge in [-0.1, -0.05) is 152 Å². The fourth-order valence-corrected chi connectivity index (χ4v) is 10.9. The van der Waals surface area contributed by atoms with E-state index in [4.69, 9.17) is 0 Å². The summed E-state index contributed by atoms with van der Waals surface area (Å²) in [6.45, 7) is 2.30. The standard InChI is InChI=1S/C54H41N3/c1-34-51(35-17-5-2-6-18-35)45-31-38(29-30-47(45)55-53(34)36-19-7-3-8-20-36)56-48-28-16-15-25-41(48)44-32-46-50(33-49(44)56)57(37-21-9-4-10-22-37)54-43-27-14-12-24-40(43)39-23-11-13-26-42(39)52(46)54/h2-32,46,49-51,55H,33H2,1H3. The molecule has 0 saturated heterocycles. The van der Waals surface area contributed by atoms with Crippen molar-refractivity contribution in [3.63, 3.8) is 0 Å². The summed E-state index contributed by atoms with van der Waals surface area (Å²) in [5.41, 5.74) is 17.0. The number of rotatable bonds is 4. The number of hydrogen-bond acceptors (Lipinski definition) is 3. The van der Waals surface area contributed by atoms with Gasteiger partial charge in [-0.2, -0.15) is 0 Å². The fourth-order valence-electron chi connectivity index (χ4n) is 10.9. The Morgan fingerprint density at radius 1 is 0.561 bits per heavy atom. The lowest BCUT2D eigenvalue weighted by atomic mass is 9.78. The number of para-hydroxylation sites is 2. The lowest BCUT2D eigenvalue weighted by Crippen LogP contribution is -2.41. The summed E-state index contributed by atoms with van der Waals surface area (Å²) in [6.07, 6.45) is 3.65. The SMILES string of the molecule is CC1=C(c2ccccc2)Nc2ccc(N3c4ccccc4C4=CC5c6c(c7ccccc7c7ccccc67)N(c6ccccc6)C5CC43)cc2C1c1ccccc1. The fraction of sp³-hybridized carbons (Fsp3) is 0.111. The second-order valence-corrected chi connectivity index (χ2v) is 16.1. The maximum Gasteiger partial charge on any atom is 0.0615 e. The van der Waals surface area contributed by atoms with Gasteiger partial charge in [0.05, 0.1) is 11.7 Å². The predicted molar refractivity (Wildman–Crippen MR) is 239 cm³/mol. The van der Waals surface area contributed by atoms with Crippen molar-refractivity contribution in [1.82, 2.24) is 0 Å². The van der Waals surface area contributed by atoms with Gasteiger partial charge < -0.3 is 15.1 Å². The molecule has 0 radical (unpaired) electrons. The van der Waals surface area contributed by atoms with E-state index in [1.165, 1.54) is 94.6 Å². The summed E-state index contributed by atoms with van der Waals surface area (Å²) < 4.78 is 0. The molecule has 4 aliphatic rings. The second kappa shape index (κ2) is 12.6. The smallest absolute Gasteiger partial charge is 0.0615 e. The van der Waals surface area contributed by atoms with E-state index in [0.29, 0.717) is 0 Å². The highest BCUT2D eigenvalue weighted by Gasteiger charge is 2.49. The van der Waals surface area contributed by atoms with Crippen LogP contribution in [-0.4, -0.2) is 12.1 Å². The zero-order valence-corrected chi connectivity index (χ0v) is 31.8. The maximum atomic E-state index is 3.89. The van der Waals surface area contributed by atoms with Crippen LogP contribution in [0.4, 0.5) is 28.4 Å². The average Bonchev–Trinajstić information content (AvgIpc) is 3.79. The summed E-state index contributed by atoms with van der Waals surface area (Å²) in [7, 11) is 0. The molecule has 0 fully saturated rings. The van der Waals surface area contributed by atoms with E-state index in [0.717, 1.165) is 6.42 Å². The van der Waals surface area contributed by atoms with Crippen LogP contribution in [0.2, 0.25) is 0 Å². The highest BCUT2D eigenvalue weighted by molar-refractivity contribution is 6.17. The van der Waals surface area contributed by atoms with Crippen LogP contribution in [0.3, 0.4) is 0 Å². The van der Waals surface area contributed by atoms with Crippen LogP contribution >= 0.6 is 0 Å².